The average Bonchev–Trinajstić information content (AvgIpc) is 2.83. The molecule has 1 heterocycles. The van der Waals surface area contributed by atoms with Crippen LogP contribution in [0.25, 0.3) is 11.3 Å². The molecule has 0 bridgehead atoms. The smallest absolute Gasteiger partial charge is 0.183 e. The minimum Gasteiger partial charge on any atom is -0.365 e. The third-order valence-corrected chi connectivity index (χ3v) is 4.51. The zero-order valence-electron chi connectivity index (χ0n) is 11.7. The van der Waals surface area contributed by atoms with Crippen molar-refractivity contribution in [1.29, 1.82) is 0 Å². The molecule has 1 aromatic heterocycles. The third-order valence-electron chi connectivity index (χ3n) is 3.21. The molecule has 0 fully saturated rings. The van der Waals surface area contributed by atoms with E-state index in [1.54, 1.807) is 11.3 Å². The first-order valence-corrected chi connectivity index (χ1v) is 7.43. The topological polar surface area (TPSA) is 50.9 Å². The van der Waals surface area contributed by atoms with Gasteiger partial charge in [0.2, 0.25) is 0 Å². The fraction of sp³-hybridized carbons (Fsp3) is 0.400. The molecule has 0 saturated carbocycles. The van der Waals surface area contributed by atoms with Crippen LogP contribution in [-0.2, 0) is 0 Å². The van der Waals surface area contributed by atoms with Gasteiger partial charge in [-0.15, -0.1) is 11.3 Å². The van der Waals surface area contributed by atoms with E-state index in [9.17, 15) is 0 Å². The molecule has 2 rings (SSSR count). The highest BCUT2D eigenvalue weighted by molar-refractivity contribution is 7.16. The molecule has 1 aromatic carbocycles. The number of hydrogen-bond donors (Lipinski definition) is 2. The van der Waals surface area contributed by atoms with Crippen molar-refractivity contribution in [2.24, 2.45) is 5.73 Å². The van der Waals surface area contributed by atoms with Crippen LogP contribution in [0.3, 0.4) is 0 Å². The van der Waals surface area contributed by atoms with Crippen LogP contribution in [0.1, 0.15) is 29.7 Å². The Labute approximate surface area is 118 Å². The van der Waals surface area contributed by atoms with Gasteiger partial charge in [0.25, 0.3) is 0 Å². The minimum absolute atomic E-state index is 0.445. The van der Waals surface area contributed by atoms with Gasteiger partial charge in [-0.3, -0.25) is 0 Å². The number of nitrogens with one attached hydrogen (secondary N) is 1. The summed E-state index contributed by atoms with van der Waals surface area (Å²) in [7, 11) is 1.91. The molecule has 0 aliphatic heterocycles. The average molecular weight is 275 g/mol. The predicted octanol–water partition coefficient (Wildman–Crippen LogP) is 3.61. The lowest BCUT2D eigenvalue weighted by molar-refractivity contribution is 0.701. The quantitative estimate of drug-likeness (QED) is 0.876. The second-order valence-electron chi connectivity index (χ2n) is 4.83. The van der Waals surface area contributed by atoms with E-state index in [2.05, 4.69) is 43.4 Å². The summed E-state index contributed by atoms with van der Waals surface area (Å²) in [6.45, 7) is 5.04. The van der Waals surface area contributed by atoms with Crippen molar-refractivity contribution < 1.29 is 0 Å². The van der Waals surface area contributed by atoms with Crippen molar-refractivity contribution in [2.75, 3.05) is 18.9 Å². The number of nitrogens with two attached hydrogens (primary N) is 1. The molecular weight excluding hydrogens is 254 g/mol. The summed E-state index contributed by atoms with van der Waals surface area (Å²) < 4.78 is 0. The van der Waals surface area contributed by atoms with E-state index in [0.29, 0.717) is 12.5 Å². The first kappa shape index (κ1) is 14.0. The maximum Gasteiger partial charge on any atom is 0.183 e. The van der Waals surface area contributed by atoms with Gasteiger partial charge < -0.3 is 11.1 Å². The number of nitrogens with zero attached hydrogens (tertiary/aromatic N) is 1. The number of benzene rings is 1. The van der Waals surface area contributed by atoms with E-state index in [1.807, 2.05) is 7.05 Å². The van der Waals surface area contributed by atoms with Gasteiger partial charge in [-0.25, -0.2) is 4.98 Å². The summed E-state index contributed by atoms with van der Waals surface area (Å²) in [5.74, 6) is 0.445. The Morgan fingerprint density at radius 3 is 2.84 bits per heavy atom. The highest BCUT2D eigenvalue weighted by atomic mass is 32.1. The highest BCUT2D eigenvalue weighted by Gasteiger charge is 2.17. The largest absolute Gasteiger partial charge is 0.365 e. The molecule has 0 saturated heterocycles. The number of aromatic nitrogens is 1. The van der Waals surface area contributed by atoms with E-state index < -0.39 is 0 Å². The van der Waals surface area contributed by atoms with Crippen LogP contribution in [0.4, 0.5) is 5.13 Å². The van der Waals surface area contributed by atoms with Crippen molar-refractivity contribution >= 4 is 16.5 Å². The molecule has 4 heteroatoms. The molecule has 3 nitrogen and oxygen atoms in total. The van der Waals surface area contributed by atoms with Crippen LogP contribution < -0.4 is 11.1 Å². The van der Waals surface area contributed by atoms with Gasteiger partial charge in [0.1, 0.15) is 0 Å². The Morgan fingerprint density at radius 1 is 1.42 bits per heavy atom. The van der Waals surface area contributed by atoms with Crippen molar-refractivity contribution in [3.05, 3.63) is 34.7 Å². The molecule has 2 aromatic rings. The molecular formula is C15H21N3S. The Bertz CT molecular complexity index is 548. The summed E-state index contributed by atoms with van der Waals surface area (Å²) in [6, 6.07) is 8.51. The molecule has 19 heavy (non-hydrogen) atoms. The molecule has 0 aliphatic carbocycles. The molecule has 1 atom stereocenters. The SMILES string of the molecule is CNc1nc(-c2cccc(C)c2)c(C(C)CCN)s1. The number of anilines is 1. The van der Waals surface area contributed by atoms with E-state index in [1.165, 1.54) is 16.0 Å². The van der Waals surface area contributed by atoms with Crippen LogP contribution in [0, 0.1) is 6.92 Å². The molecule has 0 radical (unpaired) electrons. The first-order valence-electron chi connectivity index (χ1n) is 6.61. The van der Waals surface area contributed by atoms with Gasteiger partial charge in [0, 0.05) is 17.5 Å². The number of hydrogen-bond acceptors (Lipinski definition) is 4. The van der Waals surface area contributed by atoms with E-state index in [0.717, 1.165) is 17.2 Å². The van der Waals surface area contributed by atoms with Gasteiger partial charge in [-0.05, 0) is 31.9 Å². The molecule has 1 unspecified atom stereocenters. The van der Waals surface area contributed by atoms with E-state index in [-0.39, 0.29) is 0 Å². The van der Waals surface area contributed by atoms with Gasteiger partial charge in [-0.1, -0.05) is 30.7 Å². The van der Waals surface area contributed by atoms with Gasteiger partial charge in [-0.2, -0.15) is 0 Å². The van der Waals surface area contributed by atoms with Crippen molar-refractivity contribution in [2.45, 2.75) is 26.2 Å². The fourth-order valence-corrected chi connectivity index (χ4v) is 3.18. The molecule has 0 amide bonds. The second kappa shape index (κ2) is 6.17. The maximum atomic E-state index is 5.69. The summed E-state index contributed by atoms with van der Waals surface area (Å²) >= 11 is 1.73. The normalized spacial score (nSPS) is 12.4. The summed E-state index contributed by atoms with van der Waals surface area (Å²) in [6.07, 6.45) is 0.990. The summed E-state index contributed by atoms with van der Waals surface area (Å²) in [5, 5.41) is 4.11. The monoisotopic (exact) mass is 275 g/mol. The van der Waals surface area contributed by atoms with Gasteiger partial charge in [0.15, 0.2) is 5.13 Å². The van der Waals surface area contributed by atoms with Gasteiger partial charge >= 0.3 is 0 Å². The Hall–Kier alpha value is -1.39. The molecule has 0 spiro atoms. The molecule has 0 aliphatic rings. The molecule has 3 N–H and O–H groups in total. The highest BCUT2D eigenvalue weighted by Crippen LogP contribution is 2.37. The Morgan fingerprint density at radius 2 is 2.21 bits per heavy atom. The minimum atomic E-state index is 0.445. The standard InChI is InChI=1S/C15H21N3S/c1-10-5-4-6-12(9-10)13-14(11(2)7-8-16)19-15(17-3)18-13/h4-6,9,11H,7-8,16H2,1-3H3,(H,17,18). The van der Waals surface area contributed by atoms with Crippen LogP contribution in [0.15, 0.2) is 24.3 Å². The summed E-state index contributed by atoms with van der Waals surface area (Å²) in [5.41, 5.74) is 9.23. The predicted molar refractivity (Wildman–Crippen MR) is 83.9 cm³/mol. The maximum absolute atomic E-state index is 5.69. The number of aryl methyl sites for hydroxylation is 1. The van der Waals surface area contributed by atoms with Crippen molar-refractivity contribution in [3.63, 3.8) is 0 Å². The zero-order chi connectivity index (χ0) is 13.8. The van der Waals surface area contributed by atoms with Crippen LogP contribution in [0.2, 0.25) is 0 Å². The van der Waals surface area contributed by atoms with Crippen molar-refractivity contribution in [3.8, 4) is 11.3 Å². The fourth-order valence-electron chi connectivity index (χ4n) is 2.15. The number of thiazole rings is 1. The van der Waals surface area contributed by atoms with E-state index in [4.69, 9.17) is 10.7 Å². The Kier molecular flexibility index (Phi) is 4.56. The third kappa shape index (κ3) is 3.14. The lowest BCUT2D eigenvalue weighted by atomic mass is 10.0. The summed E-state index contributed by atoms with van der Waals surface area (Å²) in [4.78, 5) is 6.03. The van der Waals surface area contributed by atoms with Crippen LogP contribution in [-0.4, -0.2) is 18.6 Å². The first-order chi connectivity index (χ1) is 9.15. The van der Waals surface area contributed by atoms with Crippen LogP contribution in [0.5, 0.6) is 0 Å². The van der Waals surface area contributed by atoms with Gasteiger partial charge in [0.05, 0.1) is 5.69 Å². The lowest BCUT2D eigenvalue weighted by Crippen LogP contribution is -2.04. The number of rotatable bonds is 5. The second-order valence-corrected chi connectivity index (χ2v) is 5.86. The van der Waals surface area contributed by atoms with Crippen molar-refractivity contribution in [1.82, 2.24) is 4.98 Å². The van der Waals surface area contributed by atoms with E-state index >= 15 is 0 Å². The molecule has 102 valence electrons. The van der Waals surface area contributed by atoms with Crippen LogP contribution >= 0.6 is 11.3 Å². The lowest BCUT2D eigenvalue weighted by Gasteiger charge is -2.10. The Balaban J connectivity index is 2.46. The zero-order valence-corrected chi connectivity index (χ0v) is 12.6.